The van der Waals surface area contributed by atoms with E-state index < -0.39 is 11.8 Å². The lowest BCUT2D eigenvalue weighted by atomic mass is 10.1. The minimum Gasteiger partial charge on any atom is -0.325 e. The number of hydrogen-bond donors (Lipinski definition) is 1. The first-order valence-corrected chi connectivity index (χ1v) is 5.41. The Morgan fingerprint density at radius 3 is 2.81 bits per heavy atom. The normalized spacial score (nSPS) is 11.7. The molecule has 0 heterocycles. The van der Waals surface area contributed by atoms with Crippen LogP contribution in [0.3, 0.4) is 0 Å². The smallest absolute Gasteiger partial charge is 0.241 e. The third kappa shape index (κ3) is 2.80. The van der Waals surface area contributed by atoms with Gasteiger partial charge in [-0.2, -0.15) is 5.26 Å². The zero-order valence-electron chi connectivity index (χ0n) is 8.84. The number of nitrogens with one attached hydrogen (secondary N) is 1. The van der Waals surface area contributed by atoms with Crippen molar-refractivity contribution in [1.82, 2.24) is 0 Å². The Morgan fingerprint density at radius 2 is 2.25 bits per heavy atom. The minimum atomic E-state index is -0.733. The van der Waals surface area contributed by atoms with Gasteiger partial charge in [-0.3, -0.25) is 4.79 Å². The Morgan fingerprint density at radius 1 is 1.62 bits per heavy atom. The molecule has 0 aliphatic carbocycles. The summed E-state index contributed by atoms with van der Waals surface area (Å²) in [6, 6.07) is 4.63. The second kappa shape index (κ2) is 5.08. The molecule has 0 saturated carbocycles. The Kier molecular flexibility index (Phi) is 4.02. The molecule has 5 heteroatoms. The number of benzene rings is 1. The van der Waals surface area contributed by atoms with Gasteiger partial charge in [0.1, 0.15) is 11.7 Å². The van der Waals surface area contributed by atoms with E-state index in [1.165, 1.54) is 19.1 Å². The van der Waals surface area contributed by atoms with E-state index in [4.69, 9.17) is 5.26 Å². The molecule has 84 valence electrons. The van der Waals surface area contributed by atoms with Crippen LogP contribution in [0.2, 0.25) is 0 Å². The van der Waals surface area contributed by atoms with E-state index in [2.05, 4.69) is 21.2 Å². The van der Waals surface area contributed by atoms with E-state index in [1.54, 1.807) is 6.92 Å². The molecule has 1 unspecified atom stereocenters. The molecule has 0 aliphatic heterocycles. The molecule has 0 aromatic heterocycles. The average Bonchev–Trinajstić information content (AvgIpc) is 2.24. The molecule has 0 bridgehead atoms. The van der Waals surface area contributed by atoms with Crippen molar-refractivity contribution in [2.75, 3.05) is 5.32 Å². The van der Waals surface area contributed by atoms with Gasteiger partial charge in [0.2, 0.25) is 5.91 Å². The number of anilines is 1. The van der Waals surface area contributed by atoms with Crippen LogP contribution < -0.4 is 5.32 Å². The van der Waals surface area contributed by atoms with Gasteiger partial charge in [-0.1, -0.05) is 0 Å². The number of hydrogen-bond acceptors (Lipinski definition) is 2. The quantitative estimate of drug-likeness (QED) is 0.908. The Labute approximate surface area is 101 Å². The summed E-state index contributed by atoms with van der Waals surface area (Å²) < 4.78 is 13.4. The van der Waals surface area contributed by atoms with E-state index in [9.17, 15) is 9.18 Å². The van der Waals surface area contributed by atoms with E-state index in [-0.39, 0.29) is 10.3 Å². The van der Waals surface area contributed by atoms with E-state index in [0.29, 0.717) is 11.3 Å². The number of aryl methyl sites for hydroxylation is 1. The lowest BCUT2D eigenvalue weighted by Crippen LogP contribution is -2.19. The van der Waals surface area contributed by atoms with Crippen molar-refractivity contribution in [1.29, 1.82) is 5.26 Å². The van der Waals surface area contributed by atoms with Crippen LogP contribution in [-0.2, 0) is 4.79 Å². The molecule has 1 amide bonds. The molecule has 1 N–H and O–H groups in total. The van der Waals surface area contributed by atoms with Crippen molar-refractivity contribution in [2.45, 2.75) is 13.8 Å². The van der Waals surface area contributed by atoms with Gasteiger partial charge in [-0.05, 0) is 47.5 Å². The van der Waals surface area contributed by atoms with Crippen molar-refractivity contribution in [3.05, 3.63) is 28.0 Å². The van der Waals surface area contributed by atoms with Gasteiger partial charge in [0, 0.05) is 5.69 Å². The van der Waals surface area contributed by atoms with Gasteiger partial charge >= 0.3 is 0 Å². The highest BCUT2D eigenvalue weighted by Crippen LogP contribution is 2.24. The fourth-order valence-electron chi connectivity index (χ4n) is 1.08. The summed E-state index contributed by atoms with van der Waals surface area (Å²) in [4.78, 5) is 11.4. The van der Waals surface area contributed by atoms with Gasteiger partial charge in [-0.25, -0.2) is 4.39 Å². The molecule has 0 saturated heterocycles. The first kappa shape index (κ1) is 12.7. The van der Waals surface area contributed by atoms with Crippen molar-refractivity contribution < 1.29 is 9.18 Å². The first-order valence-electron chi connectivity index (χ1n) is 4.62. The number of carbonyl (C=O) groups excluding carboxylic acids is 1. The van der Waals surface area contributed by atoms with Crippen molar-refractivity contribution in [3.8, 4) is 6.07 Å². The minimum absolute atomic E-state index is 0.276. The highest BCUT2D eigenvalue weighted by atomic mass is 79.9. The van der Waals surface area contributed by atoms with Crippen LogP contribution in [0.15, 0.2) is 16.6 Å². The molecule has 0 aliphatic rings. The van der Waals surface area contributed by atoms with Crippen LogP contribution in [0.5, 0.6) is 0 Å². The largest absolute Gasteiger partial charge is 0.325 e. The summed E-state index contributed by atoms with van der Waals surface area (Å²) in [6.07, 6.45) is 0. The fraction of sp³-hybridized carbons (Fsp3) is 0.273. The Balaban J connectivity index is 2.95. The van der Waals surface area contributed by atoms with Crippen molar-refractivity contribution >= 4 is 27.5 Å². The molecule has 0 spiro atoms. The van der Waals surface area contributed by atoms with Crippen LogP contribution in [0.4, 0.5) is 10.1 Å². The van der Waals surface area contributed by atoms with Gasteiger partial charge < -0.3 is 5.32 Å². The number of amides is 1. The van der Waals surface area contributed by atoms with Crippen LogP contribution in [0.1, 0.15) is 12.5 Å². The molecule has 1 rings (SSSR count). The maximum atomic E-state index is 13.1. The number of nitriles is 1. The number of nitrogens with zero attached hydrogens (tertiary/aromatic N) is 1. The van der Waals surface area contributed by atoms with Gasteiger partial charge in [0.15, 0.2) is 0 Å². The van der Waals surface area contributed by atoms with Crippen LogP contribution >= 0.6 is 15.9 Å². The molecule has 1 aromatic carbocycles. The third-order valence-corrected chi connectivity index (χ3v) is 2.72. The monoisotopic (exact) mass is 284 g/mol. The highest BCUT2D eigenvalue weighted by molar-refractivity contribution is 9.10. The van der Waals surface area contributed by atoms with E-state index >= 15 is 0 Å². The predicted molar refractivity (Wildman–Crippen MR) is 62.2 cm³/mol. The third-order valence-electron chi connectivity index (χ3n) is 2.11. The molecule has 0 radical (unpaired) electrons. The number of rotatable bonds is 2. The highest BCUT2D eigenvalue weighted by Gasteiger charge is 2.13. The molecule has 0 fully saturated rings. The maximum Gasteiger partial charge on any atom is 0.241 e. The van der Waals surface area contributed by atoms with Crippen molar-refractivity contribution in [3.63, 3.8) is 0 Å². The van der Waals surface area contributed by atoms with Crippen LogP contribution in [0, 0.1) is 30.0 Å². The molecule has 1 atom stereocenters. The summed E-state index contributed by atoms with van der Waals surface area (Å²) in [5, 5.41) is 11.1. The fourth-order valence-corrected chi connectivity index (χ4v) is 1.42. The molecular weight excluding hydrogens is 275 g/mol. The van der Waals surface area contributed by atoms with Gasteiger partial charge in [-0.15, -0.1) is 0 Å². The topological polar surface area (TPSA) is 52.9 Å². The Bertz CT molecular complexity index is 468. The van der Waals surface area contributed by atoms with Crippen molar-refractivity contribution in [2.24, 2.45) is 5.92 Å². The van der Waals surface area contributed by atoms with E-state index in [0.717, 1.165) is 0 Å². The Hall–Kier alpha value is -1.41. The number of halogens is 2. The molecular formula is C11H10BrFN2O. The lowest BCUT2D eigenvalue weighted by Gasteiger charge is -2.10. The summed E-state index contributed by atoms with van der Waals surface area (Å²) in [5.41, 5.74) is 1.11. The summed E-state index contributed by atoms with van der Waals surface area (Å²) in [5.74, 6) is -1.52. The number of carbonyl (C=O) groups is 1. The molecule has 1 aromatic rings. The van der Waals surface area contributed by atoms with Gasteiger partial charge in [0.05, 0.1) is 10.5 Å². The first-order chi connectivity index (χ1) is 7.45. The van der Waals surface area contributed by atoms with Gasteiger partial charge in [0.25, 0.3) is 0 Å². The SMILES string of the molecule is Cc1cc(F)c(Br)cc1NC(=O)C(C)C#N. The maximum absolute atomic E-state index is 13.1. The standard InChI is InChI=1S/C11H10BrFN2O/c1-6-3-9(13)8(12)4-10(6)15-11(16)7(2)5-14/h3-4,7H,1-2H3,(H,15,16). The summed E-state index contributed by atoms with van der Waals surface area (Å²) in [6.45, 7) is 3.19. The van der Waals surface area contributed by atoms with Crippen LogP contribution in [0.25, 0.3) is 0 Å². The summed E-state index contributed by atoms with van der Waals surface area (Å²) >= 11 is 3.03. The zero-order valence-corrected chi connectivity index (χ0v) is 10.4. The summed E-state index contributed by atoms with van der Waals surface area (Å²) in [7, 11) is 0. The second-order valence-electron chi connectivity index (χ2n) is 3.42. The predicted octanol–water partition coefficient (Wildman–Crippen LogP) is 2.99. The van der Waals surface area contributed by atoms with E-state index in [1.807, 2.05) is 6.07 Å². The van der Waals surface area contributed by atoms with Crippen LogP contribution in [-0.4, -0.2) is 5.91 Å². The second-order valence-corrected chi connectivity index (χ2v) is 4.28. The average molecular weight is 285 g/mol. The molecule has 16 heavy (non-hydrogen) atoms. The lowest BCUT2D eigenvalue weighted by molar-refractivity contribution is -0.117. The molecule has 3 nitrogen and oxygen atoms in total. The zero-order chi connectivity index (χ0) is 12.3.